The standard InChI is InChI=1S/C13H17BBrN3O/c1-14(19)18-7-3-2-4-12(18)13-16-10-6-5-9(15)8-11(10)17-13/h5-6,8,12,19H,2-4,7H2,1H3,(H,16,17)/t12-/m0/s1. The van der Waals surface area contributed by atoms with E-state index in [-0.39, 0.29) is 6.04 Å². The monoisotopic (exact) mass is 321 g/mol. The summed E-state index contributed by atoms with van der Waals surface area (Å²) < 4.78 is 1.05. The Bertz CT molecular complexity index is 586. The van der Waals surface area contributed by atoms with Crippen LogP contribution in [0, 0.1) is 0 Å². The molecule has 1 saturated heterocycles. The predicted octanol–water partition coefficient (Wildman–Crippen LogP) is 2.96. The first-order valence-electron chi connectivity index (χ1n) is 6.74. The van der Waals surface area contributed by atoms with Crippen molar-refractivity contribution in [3.63, 3.8) is 0 Å². The van der Waals surface area contributed by atoms with Crippen molar-refractivity contribution in [2.75, 3.05) is 6.54 Å². The number of nitrogens with one attached hydrogen (secondary N) is 1. The van der Waals surface area contributed by atoms with Crippen LogP contribution in [0.4, 0.5) is 0 Å². The zero-order valence-corrected chi connectivity index (χ0v) is 12.5. The second-order valence-corrected chi connectivity index (χ2v) is 6.08. The Balaban J connectivity index is 1.97. The van der Waals surface area contributed by atoms with E-state index in [1.807, 2.05) is 25.0 Å². The van der Waals surface area contributed by atoms with Gasteiger partial charge in [-0.2, -0.15) is 0 Å². The zero-order chi connectivity index (χ0) is 13.4. The third-order valence-electron chi connectivity index (χ3n) is 3.80. The number of piperidine rings is 1. The summed E-state index contributed by atoms with van der Waals surface area (Å²) in [7, 11) is -0.426. The molecule has 1 aromatic heterocycles. The van der Waals surface area contributed by atoms with Crippen molar-refractivity contribution in [1.82, 2.24) is 14.8 Å². The molecule has 19 heavy (non-hydrogen) atoms. The molecule has 0 spiro atoms. The normalized spacial score (nSPS) is 20.9. The van der Waals surface area contributed by atoms with E-state index in [4.69, 9.17) is 0 Å². The maximum atomic E-state index is 9.90. The lowest BCUT2D eigenvalue weighted by molar-refractivity contribution is 0.220. The van der Waals surface area contributed by atoms with Gasteiger partial charge in [-0.1, -0.05) is 22.4 Å². The minimum Gasteiger partial charge on any atom is -0.437 e. The fraction of sp³-hybridized carbons (Fsp3) is 0.462. The molecule has 0 radical (unpaired) electrons. The van der Waals surface area contributed by atoms with Crippen molar-refractivity contribution in [2.45, 2.75) is 32.1 Å². The van der Waals surface area contributed by atoms with Crippen LogP contribution in [0.3, 0.4) is 0 Å². The summed E-state index contributed by atoms with van der Waals surface area (Å²) in [6.07, 6.45) is 3.38. The van der Waals surface area contributed by atoms with E-state index in [1.165, 1.54) is 6.42 Å². The Labute approximate surface area is 121 Å². The molecule has 100 valence electrons. The van der Waals surface area contributed by atoms with Crippen molar-refractivity contribution < 1.29 is 5.02 Å². The molecular weight excluding hydrogens is 305 g/mol. The highest BCUT2D eigenvalue weighted by molar-refractivity contribution is 9.10. The second kappa shape index (κ2) is 5.27. The summed E-state index contributed by atoms with van der Waals surface area (Å²) >= 11 is 3.47. The fourth-order valence-corrected chi connectivity index (χ4v) is 3.22. The number of aromatic nitrogens is 2. The molecule has 6 heteroatoms. The van der Waals surface area contributed by atoms with Gasteiger partial charge in [-0.15, -0.1) is 0 Å². The molecule has 1 atom stereocenters. The van der Waals surface area contributed by atoms with E-state index in [9.17, 15) is 5.02 Å². The van der Waals surface area contributed by atoms with Crippen LogP contribution in [0.15, 0.2) is 22.7 Å². The van der Waals surface area contributed by atoms with Gasteiger partial charge in [0.15, 0.2) is 0 Å². The highest BCUT2D eigenvalue weighted by Gasteiger charge is 2.31. The highest BCUT2D eigenvalue weighted by Crippen LogP contribution is 2.31. The van der Waals surface area contributed by atoms with Gasteiger partial charge in [0, 0.05) is 4.47 Å². The maximum Gasteiger partial charge on any atom is 0.377 e. The van der Waals surface area contributed by atoms with E-state index in [2.05, 4.69) is 30.7 Å². The number of aromatic amines is 1. The molecular formula is C13H17BBrN3O. The summed E-state index contributed by atoms with van der Waals surface area (Å²) in [4.78, 5) is 10.2. The van der Waals surface area contributed by atoms with Gasteiger partial charge in [0.05, 0.1) is 17.1 Å². The van der Waals surface area contributed by atoms with Gasteiger partial charge in [-0.05, 0) is 44.4 Å². The third-order valence-corrected chi connectivity index (χ3v) is 4.30. The smallest absolute Gasteiger partial charge is 0.377 e. The minimum absolute atomic E-state index is 0.194. The van der Waals surface area contributed by atoms with Crippen molar-refractivity contribution in [3.05, 3.63) is 28.5 Å². The Morgan fingerprint density at radius 2 is 2.32 bits per heavy atom. The quantitative estimate of drug-likeness (QED) is 0.836. The molecule has 2 aromatic rings. The Hall–Kier alpha value is -0.845. The largest absolute Gasteiger partial charge is 0.437 e. The molecule has 0 saturated carbocycles. The van der Waals surface area contributed by atoms with Crippen molar-refractivity contribution >= 4 is 34.0 Å². The van der Waals surface area contributed by atoms with Gasteiger partial charge in [0.1, 0.15) is 5.82 Å². The molecule has 2 N–H and O–H groups in total. The predicted molar refractivity (Wildman–Crippen MR) is 80.9 cm³/mol. The lowest BCUT2D eigenvalue weighted by Crippen LogP contribution is -2.43. The molecule has 0 bridgehead atoms. The average Bonchev–Trinajstić information content (AvgIpc) is 2.81. The van der Waals surface area contributed by atoms with Crippen LogP contribution < -0.4 is 0 Å². The summed E-state index contributed by atoms with van der Waals surface area (Å²) in [6.45, 7) is 2.76. The van der Waals surface area contributed by atoms with Crippen LogP contribution in [0.2, 0.25) is 6.82 Å². The number of nitrogens with zero attached hydrogens (tertiary/aromatic N) is 2. The maximum absolute atomic E-state index is 9.90. The first-order valence-corrected chi connectivity index (χ1v) is 7.53. The number of imidazole rings is 1. The molecule has 0 unspecified atom stereocenters. The highest BCUT2D eigenvalue weighted by atomic mass is 79.9. The number of rotatable bonds is 2. The second-order valence-electron chi connectivity index (χ2n) is 5.16. The third kappa shape index (κ3) is 2.57. The summed E-state index contributed by atoms with van der Waals surface area (Å²) in [6, 6.07) is 6.25. The summed E-state index contributed by atoms with van der Waals surface area (Å²) in [5.41, 5.74) is 2.02. The molecule has 1 fully saturated rings. The van der Waals surface area contributed by atoms with Gasteiger partial charge in [-0.3, -0.25) is 0 Å². The average molecular weight is 322 g/mol. The molecule has 0 amide bonds. The Morgan fingerprint density at radius 3 is 3.11 bits per heavy atom. The van der Waals surface area contributed by atoms with Gasteiger partial charge in [0.25, 0.3) is 0 Å². The first-order chi connectivity index (χ1) is 9.15. The van der Waals surface area contributed by atoms with Crippen LogP contribution in [-0.2, 0) is 0 Å². The molecule has 0 aliphatic carbocycles. The summed E-state index contributed by atoms with van der Waals surface area (Å²) in [5.74, 6) is 0.966. The topological polar surface area (TPSA) is 52.1 Å². The van der Waals surface area contributed by atoms with Crippen molar-refractivity contribution in [2.24, 2.45) is 0 Å². The van der Waals surface area contributed by atoms with Crippen LogP contribution in [0.5, 0.6) is 0 Å². The minimum atomic E-state index is -0.426. The number of H-pyrrole nitrogens is 1. The van der Waals surface area contributed by atoms with E-state index in [0.29, 0.717) is 0 Å². The van der Waals surface area contributed by atoms with E-state index < -0.39 is 7.05 Å². The number of halogens is 1. The zero-order valence-electron chi connectivity index (χ0n) is 10.9. The molecule has 1 aliphatic rings. The molecule has 3 rings (SSSR count). The molecule has 1 aliphatic heterocycles. The number of hydrogen-bond donors (Lipinski definition) is 2. The van der Waals surface area contributed by atoms with E-state index >= 15 is 0 Å². The van der Waals surface area contributed by atoms with Gasteiger partial charge >= 0.3 is 7.05 Å². The number of fused-ring (bicyclic) bond motifs is 1. The van der Waals surface area contributed by atoms with Crippen LogP contribution in [0.1, 0.15) is 31.1 Å². The van der Waals surface area contributed by atoms with E-state index in [1.54, 1.807) is 0 Å². The fourth-order valence-electron chi connectivity index (χ4n) is 2.85. The lowest BCUT2D eigenvalue weighted by atomic mass is 9.79. The van der Waals surface area contributed by atoms with Gasteiger partial charge in [-0.25, -0.2) is 4.98 Å². The SMILES string of the molecule is CB(O)N1CCCC[C@H]1c1nc2ccc(Br)cc2[nH]1. The Morgan fingerprint density at radius 1 is 1.47 bits per heavy atom. The summed E-state index contributed by atoms with van der Waals surface area (Å²) in [5, 5.41) is 9.90. The van der Waals surface area contributed by atoms with Gasteiger partial charge in [0.2, 0.25) is 0 Å². The lowest BCUT2D eigenvalue weighted by Gasteiger charge is -2.35. The van der Waals surface area contributed by atoms with Crippen molar-refractivity contribution in [3.8, 4) is 0 Å². The van der Waals surface area contributed by atoms with Gasteiger partial charge < -0.3 is 14.8 Å². The van der Waals surface area contributed by atoms with Crippen LogP contribution in [0.25, 0.3) is 11.0 Å². The van der Waals surface area contributed by atoms with E-state index in [0.717, 1.165) is 40.7 Å². The Kier molecular flexibility index (Phi) is 3.65. The molecule has 2 heterocycles. The number of hydrogen-bond acceptors (Lipinski definition) is 3. The molecule has 1 aromatic carbocycles. The first kappa shape index (κ1) is 13.2. The van der Waals surface area contributed by atoms with Crippen LogP contribution >= 0.6 is 15.9 Å². The van der Waals surface area contributed by atoms with Crippen LogP contribution in [-0.4, -0.2) is 33.4 Å². The molecule has 4 nitrogen and oxygen atoms in total. The van der Waals surface area contributed by atoms with Crippen molar-refractivity contribution in [1.29, 1.82) is 0 Å². The number of benzene rings is 1.